The van der Waals surface area contributed by atoms with Crippen LogP contribution in [0.3, 0.4) is 0 Å². The van der Waals surface area contributed by atoms with Crippen LogP contribution in [0.4, 0.5) is 5.69 Å². The van der Waals surface area contributed by atoms with Crippen molar-refractivity contribution in [2.24, 2.45) is 5.92 Å². The summed E-state index contributed by atoms with van der Waals surface area (Å²) in [5, 5.41) is 3.64. The van der Waals surface area contributed by atoms with E-state index in [2.05, 4.69) is 27.4 Å². The third-order valence-electron chi connectivity index (χ3n) is 6.93. The minimum absolute atomic E-state index is 0.00341. The van der Waals surface area contributed by atoms with E-state index in [1.807, 2.05) is 75.4 Å². The van der Waals surface area contributed by atoms with Crippen molar-refractivity contribution in [3.63, 3.8) is 0 Å². The van der Waals surface area contributed by atoms with E-state index in [4.69, 9.17) is 4.74 Å². The highest BCUT2D eigenvalue weighted by molar-refractivity contribution is 7.99. The fraction of sp³-hybridized carbons (Fsp3) is 0.355. The Kier molecular flexibility index (Phi) is 9.76. The molecule has 0 unspecified atom stereocenters. The zero-order valence-corrected chi connectivity index (χ0v) is 23.8. The van der Waals surface area contributed by atoms with Crippen molar-refractivity contribution in [2.45, 2.75) is 57.8 Å². The van der Waals surface area contributed by atoms with Crippen LogP contribution in [0, 0.1) is 26.7 Å². The molecular weight excluding hydrogens is 508 g/mol. The molecule has 0 fully saturated rings. The maximum atomic E-state index is 14.0. The number of allylic oxidation sites excluding steroid dienone is 2. The second-order valence-electron chi connectivity index (χ2n) is 9.88. The fourth-order valence-corrected chi connectivity index (χ4v) is 5.72. The molecule has 39 heavy (non-hydrogen) atoms. The summed E-state index contributed by atoms with van der Waals surface area (Å²) in [7, 11) is 1.61. The molecule has 0 saturated carbocycles. The molecule has 1 aliphatic rings. The first kappa shape index (κ1) is 28.4. The van der Waals surface area contributed by atoms with Gasteiger partial charge in [0.2, 0.25) is 11.8 Å². The first-order valence-corrected chi connectivity index (χ1v) is 14.2. The molecule has 0 spiro atoms. The molecule has 0 radical (unpaired) electrons. The van der Waals surface area contributed by atoms with Crippen LogP contribution in [-0.2, 0) is 16.1 Å². The van der Waals surface area contributed by atoms with E-state index in [9.17, 15) is 9.59 Å². The average molecular weight is 545 g/mol. The first-order valence-electron chi connectivity index (χ1n) is 13.2. The minimum atomic E-state index is -0.634. The lowest BCUT2D eigenvalue weighted by Gasteiger charge is -2.37. The molecule has 4 rings (SSSR count). The summed E-state index contributed by atoms with van der Waals surface area (Å²) in [6.45, 7) is 6.22. The van der Waals surface area contributed by atoms with E-state index in [1.54, 1.807) is 12.0 Å². The molecule has 7 nitrogen and oxygen atoms in total. The summed E-state index contributed by atoms with van der Waals surface area (Å²) in [5.41, 5.74) is 4.49. The van der Waals surface area contributed by atoms with Gasteiger partial charge in [-0.25, -0.2) is 9.97 Å². The number of carbonyl (C=O) groups excluding carboxylic acids is 2. The largest absolute Gasteiger partial charge is 0.497 e. The number of amides is 2. The Bertz CT molecular complexity index is 1310. The van der Waals surface area contributed by atoms with Gasteiger partial charge in [0.25, 0.3) is 0 Å². The van der Waals surface area contributed by atoms with Crippen LogP contribution < -0.4 is 10.1 Å². The van der Waals surface area contributed by atoms with Crippen molar-refractivity contribution >= 4 is 29.3 Å². The van der Waals surface area contributed by atoms with Gasteiger partial charge in [-0.3, -0.25) is 9.59 Å². The molecule has 1 aromatic heterocycles. The van der Waals surface area contributed by atoms with Crippen molar-refractivity contribution in [3.8, 4) is 5.75 Å². The fourth-order valence-electron chi connectivity index (χ4n) is 4.88. The summed E-state index contributed by atoms with van der Waals surface area (Å²) in [5.74, 6) is 0.557. The second-order valence-corrected chi connectivity index (χ2v) is 10.8. The standard InChI is InChI=1S/C31H36N4O3S/c1-21-10-8-9-13-25(21)19-35(28(36)20-39-31-32-22(2)18-23(3)33-31)29(24-11-6-5-7-12-24)30(37)34-26-14-16-27(38-4)17-15-26/h5-6,8-10,13-18,24,29H,7,11-12,19-20H2,1-4H3,(H,34,37)/t24-,29-/m0/s1. The normalized spacial score (nSPS) is 15.4. The van der Waals surface area contributed by atoms with Gasteiger partial charge in [0.15, 0.2) is 5.16 Å². The molecule has 2 atom stereocenters. The number of carbonyl (C=O) groups is 2. The van der Waals surface area contributed by atoms with Gasteiger partial charge in [-0.1, -0.05) is 48.2 Å². The summed E-state index contributed by atoms with van der Waals surface area (Å²) in [6.07, 6.45) is 6.73. The molecule has 8 heteroatoms. The minimum Gasteiger partial charge on any atom is -0.497 e. The smallest absolute Gasteiger partial charge is 0.247 e. The number of hydrogen-bond donors (Lipinski definition) is 1. The average Bonchev–Trinajstić information content (AvgIpc) is 2.93. The van der Waals surface area contributed by atoms with Gasteiger partial charge in [0.1, 0.15) is 11.8 Å². The highest BCUT2D eigenvalue weighted by atomic mass is 32.2. The Labute approximate surface area is 235 Å². The molecule has 3 aromatic rings. The predicted octanol–water partition coefficient (Wildman–Crippen LogP) is 5.89. The molecule has 1 heterocycles. The Balaban J connectivity index is 1.65. The monoisotopic (exact) mass is 544 g/mol. The van der Waals surface area contributed by atoms with Crippen LogP contribution in [0.5, 0.6) is 5.75 Å². The number of methoxy groups -OCH3 is 1. The van der Waals surface area contributed by atoms with Gasteiger partial charge in [-0.15, -0.1) is 0 Å². The van der Waals surface area contributed by atoms with Gasteiger partial charge >= 0.3 is 0 Å². The van der Waals surface area contributed by atoms with E-state index < -0.39 is 6.04 Å². The molecule has 0 bridgehead atoms. The summed E-state index contributed by atoms with van der Waals surface area (Å²) in [4.78, 5) is 38.7. The van der Waals surface area contributed by atoms with E-state index in [0.29, 0.717) is 23.1 Å². The zero-order valence-electron chi connectivity index (χ0n) is 23.0. The number of aryl methyl sites for hydroxylation is 3. The Morgan fingerprint density at radius 1 is 1.05 bits per heavy atom. The molecule has 2 aromatic carbocycles. The molecule has 2 amide bonds. The summed E-state index contributed by atoms with van der Waals surface area (Å²) in [6, 6.07) is 16.5. The Hall–Kier alpha value is -3.65. The predicted molar refractivity (Wildman–Crippen MR) is 156 cm³/mol. The number of aromatic nitrogens is 2. The lowest BCUT2D eigenvalue weighted by molar-refractivity contribution is -0.139. The molecular formula is C31H36N4O3S. The number of nitrogens with one attached hydrogen (secondary N) is 1. The lowest BCUT2D eigenvalue weighted by Crippen LogP contribution is -2.52. The number of benzene rings is 2. The van der Waals surface area contributed by atoms with Crippen molar-refractivity contribution in [3.05, 3.63) is 89.3 Å². The third kappa shape index (κ3) is 7.69. The summed E-state index contributed by atoms with van der Waals surface area (Å²) < 4.78 is 5.26. The van der Waals surface area contributed by atoms with Crippen LogP contribution in [0.2, 0.25) is 0 Å². The topological polar surface area (TPSA) is 84.4 Å². The number of hydrogen-bond acceptors (Lipinski definition) is 6. The highest BCUT2D eigenvalue weighted by Crippen LogP contribution is 2.29. The van der Waals surface area contributed by atoms with E-state index in [0.717, 1.165) is 41.8 Å². The van der Waals surface area contributed by atoms with Gasteiger partial charge in [-0.2, -0.15) is 0 Å². The third-order valence-corrected chi connectivity index (χ3v) is 7.76. The van der Waals surface area contributed by atoms with Crippen molar-refractivity contribution in [2.75, 3.05) is 18.2 Å². The number of ether oxygens (including phenoxy) is 1. The van der Waals surface area contributed by atoms with E-state index in [-0.39, 0.29) is 23.5 Å². The molecule has 0 aliphatic heterocycles. The van der Waals surface area contributed by atoms with Crippen LogP contribution in [0.25, 0.3) is 0 Å². The van der Waals surface area contributed by atoms with Gasteiger partial charge in [0.05, 0.1) is 12.9 Å². The number of nitrogens with zero attached hydrogens (tertiary/aromatic N) is 3. The summed E-state index contributed by atoms with van der Waals surface area (Å²) >= 11 is 1.31. The van der Waals surface area contributed by atoms with Crippen molar-refractivity contribution < 1.29 is 14.3 Å². The van der Waals surface area contributed by atoms with Gasteiger partial charge in [0, 0.05) is 23.6 Å². The van der Waals surface area contributed by atoms with E-state index in [1.165, 1.54) is 11.8 Å². The molecule has 204 valence electrons. The molecule has 1 aliphatic carbocycles. The highest BCUT2D eigenvalue weighted by Gasteiger charge is 2.36. The second kappa shape index (κ2) is 13.4. The maximum absolute atomic E-state index is 14.0. The van der Waals surface area contributed by atoms with Crippen LogP contribution in [-0.4, -0.2) is 45.6 Å². The first-order chi connectivity index (χ1) is 18.8. The molecule has 0 saturated heterocycles. The van der Waals surface area contributed by atoms with Crippen LogP contribution in [0.15, 0.2) is 71.9 Å². The van der Waals surface area contributed by atoms with Gasteiger partial charge in [-0.05, 0) is 87.4 Å². The van der Waals surface area contributed by atoms with Crippen molar-refractivity contribution in [1.82, 2.24) is 14.9 Å². The Morgan fingerprint density at radius 2 is 1.77 bits per heavy atom. The van der Waals surface area contributed by atoms with Gasteiger partial charge < -0.3 is 15.0 Å². The van der Waals surface area contributed by atoms with Crippen LogP contribution >= 0.6 is 11.8 Å². The van der Waals surface area contributed by atoms with Crippen LogP contribution in [0.1, 0.15) is 41.8 Å². The maximum Gasteiger partial charge on any atom is 0.247 e. The zero-order chi connectivity index (χ0) is 27.8. The van der Waals surface area contributed by atoms with E-state index >= 15 is 0 Å². The SMILES string of the molecule is COc1ccc(NC(=O)[C@H]([C@H]2CC=CCC2)N(Cc2ccccc2C)C(=O)CSc2nc(C)cc(C)n2)cc1. The lowest BCUT2D eigenvalue weighted by atomic mass is 9.85. The number of thioether (sulfide) groups is 1. The Morgan fingerprint density at radius 3 is 2.41 bits per heavy atom. The number of rotatable bonds is 10. The molecule has 1 N–H and O–H groups in total. The number of anilines is 1. The quantitative estimate of drug-likeness (QED) is 0.195. The van der Waals surface area contributed by atoms with Crippen molar-refractivity contribution in [1.29, 1.82) is 0 Å².